The lowest BCUT2D eigenvalue weighted by Gasteiger charge is -2.56. The number of nitrogens with one attached hydrogen (secondary N) is 1. The Kier molecular flexibility index (Phi) is 6.32. The molecule has 0 radical (unpaired) electrons. The van der Waals surface area contributed by atoms with E-state index in [2.05, 4.69) is 25.8 Å². The molecule has 0 bridgehead atoms. The number of thiazole rings is 1. The smallest absolute Gasteiger partial charge is 0.352 e. The summed E-state index contributed by atoms with van der Waals surface area (Å²) in [4.78, 5) is 43.1. The molecule has 176 valence electrons. The highest BCUT2D eigenvalue weighted by Gasteiger charge is 2.66. The molecule has 2 amide bonds. The van der Waals surface area contributed by atoms with E-state index < -0.39 is 34.9 Å². The zero-order valence-corrected chi connectivity index (χ0v) is 19.7. The minimum atomic E-state index is -1.76. The van der Waals surface area contributed by atoms with Gasteiger partial charge in [0, 0.05) is 31.0 Å². The second-order valence-corrected chi connectivity index (χ2v) is 9.89. The van der Waals surface area contributed by atoms with Crippen LogP contribution in [0.15, 0.2) is 21.8 Å². The van der Waals surface area contributed by atoms with Crippen LogP contribution in [0.4, 0.5) is 5.13 Å². The average Bonchev–Trinajstić information content (AvgIpc) is 3.41. The summed E-state index contributed by atoms with van der Waals surface area (Å²) in [6, 6.07) is -1.18. The number of hydrogen-bond donors (Lipinski definition) is 4. The first-order valence-electron chi connectivity index (χ1n) is 9.29. The van der Waals surface area contributed by atoms with Crippen molar-refractivity contribution in [3.63, 3.8) is 0 Å². The Bertz CT molecular complexity index is 1150. The van der Waals surface area contributed by atoms with Gasteiger partial charge in [-0.1, -0.05) is 11.8 Å². The highest BCUT2D eigenvalue weighted by atomic mass is 32.2. The minimum absolute atomic E-state index is 0.148. The van der Waals surface area contributed by atoms with Crippen molar-refractivity contribution in [3.8, 4) is 0 Å². The topological polar surface area (TPSA) is 204 Å². The van der Waals surface area contributed by atoms with E-state index in [1.54, 1.807) is 12.4 Å². The van der Waals surface area contributed by atoms with E-state index in [1.807, 2.05) is 0 Å². The Labute approximate surface area is 199 Å². The van der Waals surface area contributed by atoms with Gasteiger partial charge in [-0.25, -0.2) is 14.5 Å². The third-order valence-electron chi connectivity index (χ3n) is 5.04. The lowest BCUT2D eigenvalue weighted by molar-refractivity contribution is -0.192. The Morgan fingerprint density at radius 1 is 1.52 bits per heavy atom. The molecule has 0 aromatic carbocycles. The number of rotatable bonds is 8. The highest BCUT2D eigenvalue weighted by molar-refractivity contribution is 8.01. The molecule has 1 saturated heterocycles. The SMILES string of the molecule is CO[C@]1(NC(=O)C(N)c2csc(N)n2)C(=O)N2C(C(=O)O)=C(CSc3nnnn3C)CS[C@H]21. The van der Waals surface area contributed by atoms with Crippen LogP contribution in [-0.2, 0) is 26.2 Å². The number of carbonyl (C=O) groups excluding carboxylic acids is 2. The zero-order chi connectivity index (χ0) is 23.9. The van der Waals surface area contributed by atoms with Crippen LogP contribution in [0.1, 0.15) is 11.7 Å². The second kappa shape index (κ2) is 8.90. The van der Waals surface area contributed by atoms with Crippen LogP contribution >= 0.6 is 34.9 Å². The number of β-lactam (4-membered cyclic amide) rings is 1. The van der Waals surface area contributed by atoms with E-state index in [9.17, 15) is 19.5 Å². The van der Waals surface area contributed by atoms with E-state index in [0.29, 0.717) is 16.5 Å². The lowest BCUT2D eigenvalue weighted by atomic mass is 9.97. The number of amides is 2. The molecule has 0 aliphatic carbocycles. The van der Waals surface area contributed by atoms with Gasteiger partial charge in [-0.05, 0) is 16.0 Å². The molecule has 6 N–H and O–H groups in total. The summed E-state index contributed by atoms with van der Waals surface area (Å²) in [6.45, 7) is 0. The van der Waals surface area contributed by atoms with Crippen molar-refractivity contribution >= 4 is 57.8 Å². The molecule has 33 heavy (non-hydrogen) atoms. The number of carbonyl (C=O) groups is 3. The molecule has 17 heteroatoms. The van der Waals surface area contributed by atoms with Crippen molar-refractivity contribution in [1.29, 1.82) is 0 Å². The number of nitrogen functional groups attached to an aromatic ring is 1. The standard InChI is InChI=1S/C16H19N9O5S3/c1-24-15(21-22-23-24)33-4-6-3-31-13-16(30-2,12(29)25(13)9(6)11(27)28)20-10(26)8(17)7-5-32-14(18)19-7/h5,8,13H,3-4,17H2,1-2H3,(H2,18,19)(H,20,26)(H,27,28)/t8?,13-,16+/m0/s1. The van der Waals surface area contributed by atoms with Crippen LogP contribution < -0.4 is 16.8 Å². The molecule has 14 nitrogen and oxygen atoms in total. The number of thioether (sulfide) groups is 2. The largest absolute Gasteiger partial charge is 0.477 e. The van der Waals surface area contributed by atoms with Gasteiger partial charge in [0.05, 0.1) is 5.69 Å². The van der Waals surface area contributed by atoms with Crippen molar-refractivity contribution in [3.05, 3.63) is 22.3 Å². The lowest BCUT2D eigenvalue weighted by Crippen LogP contribution is -2.81. The van der Waals surface area contributed by atoms with Crippen molar-refractivity contribution in [2.24, 2.45) is 12.8 Å². The number of aliphatic carboxylic acids is 1. The van der Waals surface area contributed by atoms with Crippen molar-refractivity contribution in [2.45, 2.75) is 22.3 Å². The van der Waals surface area contributed by atoms with Crippen molar-refractivity contribution in [2.75, 3.05) is 24.3 Å². The molecule has 2 aliphatic heterocycles. The summed E-state index contributed by atoms with van der Waals surface area (Å²) in [5.74, 6) is -2.11. The number of anilines is 1. The molecular formula is C16H19N9O5S3. The maximum atomic E-state index is 13.2. The third kappa shape index (κ3) is 3.95. The molecule has 0 saturated carbocycles. The first kappa shape index (κ1) is 23.4. The predicted octanol–water partition coefficient (Wildman–Crippen LogP) is -1.25. The number of ether oxygens (including phenoxy) is 1. The number of fused-ring (bicyclic) bond motifs is 1. The number of carboxylic acid groups (broad SMARTS) is 1. The van der Waals surface area contributed by atoms with Gasteiger partial charge in [0.2, 0.25) is 11.1 Å². The van der Waals surface area contributed by atoms with E-state index in [-0.39, 0.29) is 22.3 Å². The zero-order valence-electron chi connectivity index (χ0n) is 17.3. The van der Waals surface area contributed by atoms with Gasteiger partial charge in [0.15, 0.2) is 5.13 Å². The maximum Gasteiger partial charge on any atom is 0.352 e. The fourth-order valence-electron chi connectivity index (χ4n) is 3.39. The molecular weight excluding hydrogens is 494 g/mol. The summed E-state index contributed by atoms with van der Waals surface area (Å²) < 4.78 is 6.88. The average molecular weight is 514 g/mol. The summed E-state index contributed by atoms with van der Waals surface area (Å²) in [7, 11) is 2.93. The number of aryl methyl sites for hydroxylation is 1. The van der Waals surface area contributed by atoms with Gasteiger partial charge in [-0.3, -0.25) is 14.5 Å². The number of nitrogens with zero attached hydrogens (tertiary/aromatic N) is 6. The first-order chi connectivity index (χ1) is 15.7. The van der Waals surface area contributed by atoms with Crippen LogP contribution in [0.5, 0.6) is 0 Å². The summed E-state index contributed by atoms with van der Waals surface area (Å²) >= 11 is 3.65. The minimum Gasteiger partial charge on any atom is -0.477 e. The molecule has 2 aromatic rings. The van der Waals surface area contributed by atoms with Gasteiger partial charge < -0.3 is 26.6 Å². The van der Waals surface area contributed by atoms with Crippen molar-refractivity contribution in [1.82, 2.24) is 35.4 Å². The van der Waals surface area contributed by atoms with Crippen molar-refractivity contribution < 1.29 is 24.2 Å². The quantitative estimate of drug-likeness (QED) is 0.185. The first-order valence-corrected chi connectivity index (χ1v) is 12.2. The third-order valence-corrected chi connectivity index (χ3v) is 8.20. The van der Waals surface area contributed by atoms with E-state index in [0.717, 1.165) is 16.2 Å². The molecule has 2 aliphatic rings. The highest BCUT2D eigenvalue weighted by Crippen LogP contribution is 2.47. The fraction of sp³-hybridized carbons (Fsp3) is 0.438. The van der Waals surface area contributed by atoms with Crippen LogP contribution in [-0.4, -0.2) is 82.7 Å². The van der Waals surface area contributed by atoms with E-state index in [1.165, 1.54) is 35.3 Å². The van der Waals surface area contributed by atoms with Gasteiger partial charge in [0.1, 0.15) is 17.1 Å². The number of methoxy groups -OCH3 is 1. The van der Waals surface area contributed by atoms with Crippen LogP contribution in [0.25, 0.3) is 0 Å². The maximum absolute atomic E-state index is 13.2. The number of aromatic nitrogens is 5. The monoisotopic (exact) mass is 513 g/mol. The second-order valence-electron chi connectivity index (χ2n) is 6.99. The molecule has 0 spiro atoms. The summed E-state index contributed by atoms with van der Waals surface area (Å²) in [6.07, 6.45) is 0. The molecule has 4 rings (SSSR count). The van der Waals surface area contributed by atoms with Gasteiger partial charge in [0.25, 0.3) is 11.6 Å². The van der Waals surface area contributed by atoms with E-state index in [4.69, 9.17) is 16.2 Å². The predicted molar refractivity (Wildman–Crippen MR) is 119 cm³/mol. The molecule has 4 heterocycles. The fourth-order valence-corrected chi connectivity index (χ4v) is 6.41. The van der Waals surface area contributed by atoms with Gasteiger partial charge in [-0.2, -0.15) is 0 Å². The number of carboxylic acids is 1. The number of nitrogens with two attached hydrogens (primary N) is 2. The van der Waals surface area contributed by atoms with E-state index >= 15 is 0 Å². The summed E-state index contributed by atoms with van der Waals surface area (Å²) in [5.41, 5.74) is 10.4. The number of hydrogen-bond acceptors (Lipinski definition) is 13. The van der Waals surface area contributed by atoms with Crippen LogP contribution in [0.2, 0.25) is 0 Å². The normalized spacial score (nSPS) is 23.2. The van der Waals surface area contributed by atoms with Crippen LogP contribution in [0, 0.1) is 0 Å². The molecule has 1 unspecified atom stereocenters. The molecule has 1 fully saturated rings. The number of tetrazole rings is 1. The summed E-state index contributed by atoms with van der Waals surface area (Å²) in [5, 5.41) is 25.0. The Morgan fingerprint density at radius 2 is 2.27 bits per heavy atom. The Balaban J connectivity index is 1.55. The molecule has 3 atom stereocenters. The van der Waals surface area contributed by atoms with Crippen LogP contribution in [0.3, 0.4) is 0 Å². The Morgan fingerprint density at radius 3 is 2.85 bits per heavy atom. The Hall–Kier alpha value is -2.73. The van der Waals surface area contributed by atoms with Gasteiger partial charge >= 0.3 is 5.97 Å². The van der Waals surface area contributed by atoms with Gasteiger partial charge in [-0.15, -0.1) is 28.2 Å². The molecule has 2 aromatic heterocycles.